The summed E-state index contributed by atoms with van der Waals surface area (Å²) in [7, 11) is -3.70. The number of hydrogen-bond donors (Lipinski definition) is 0. The van der Waals surface area contributed by atoms with Gasteiger partial charge in [0.1, 0.15) is 16.6 Å². The Kier molecular flexibility index (Phi) is 3.33. The first-order valence-corrected chi connectivity index (χ1v) is 8.10. The number of aromatic nitrogens is 3. The lowest BCUT2D eigenvalue weighted by molar-refractivity contribution is 0.289. The number of sulfonamides is 1. The molecular formula is C12H16N4O4S. The molecule has 0 spiro atoms. The predicted octanol–water partition coefficient (Wildman–Crippen LogP) is 1.51. The molecule has 1 saturated heterocycles. The second-order valence-corrected chi connectivity index (χ2v) is 6.93. The Morgan fingerprint density at radius 1 is 1.19 bits per heavy atom. The molecule has 8 nitrogen and oxygen atoms in total. The monoisotopic (exact) mass is 312 g/mol. The van der Waals surface area contributed by atoms with Gasteiger partial charge in [-0.05, 0) is 33.6 Å². The quantitative estimate of drug-likeness (QED) is 0.846. The van der Waals surface area contributed by atoms with Gasteiger partial charge in [-0.15, -0.1) is 0 Å². The van der Waals surface area contributed by atoms with Crippen LogP contribution in [0.5, 0.6) is 0 Å². The second kappa shape index (κ2) is 4.92. The zero-order chi connectivity index (χ0) is 15.2. The maximum atomic E-state index is 12.9. The van der Waals surface area contributed by atoms with Crippen LogP contribution in [0.1, 0.15) is 42.1 Å². The Hall–Kier alpha value is -1.74. The molecule has 0 N–H and O–H groups in total. The van der Waals surface area contributed by atoms with Crippen LogP contribution in [0.3, 0.4) is 0 Å². The van der Waals surface area contributed by atoms with E-state index in [1.165, 1.54) is 4.31 Å². The van der Waals surface area contributed by atoms with Gasteiger partial charge in [-0.1, -0.05) is 10.3 Å². The Morgan fingerprint density at radius 3 is 2.52 bits per heavy atom. The summed E-state index contributed by atoms with van der Waals surface area (Å²) in [6.45, 7) is 5.33. The molecule has 0 aliphatic carbocycles. The van der Waals surface area contributed by atoms with Gasteiger partial charge in [-0.25, -0.2) is 8.42 Å². The van der Waals surface area contributed by atoms with Crippen molar-refractivity contribution in [2.24, 2.45) is 0 Å². The van der Waals surface area contributed by atoms with E-state index >= 15 is 0 Å². The smallest absolute Gasteiger partial charge is 0.249 e. The second-order valence-electron chi connectivity index (χ2n) is 5.11. The van der Waals surface area contributed by atoms with Crippen molar-refractivity contribution in [1.29, 1.82) is 0 Å². The van der Waals surface area contributed by atoms with Crippen molar-refractivity contribution in [3.8, 4) is 0 Å². The van der Waals surface area contributed by atoms with Crippen LogP contribution in [0.15, 0.2) is 13.9 Å². The van der Waals surface area contributed by atoms with Crippen LogP contribution in [0, 0.1) is 20.8 Å². The maximum absolute atomic E-state index is 12.9. The average molecular weight is 312 g/mol. The Labute approximate surface area is 122 Å². The van der Waals surface area contributed by atoms with Gasteiger partial charge in [0.2, 0.25) is 15.9 Å². The van der Waals surface area contributed by atoms with Crippen LogP contribution in [0.25, 0.3) is 0 Å². The molecule has 0 bridgehead atoms. The van der Waals surface area contributed by atoms with E-state index in [1.807, 2.05) is 0 Å². The average Bonchev–Trinajstić information content (AvgIpc) is 3.09. The van der Waals surface area contributed by atoms with Crippen molar-refractivity contribution < 1.29 is 17.5 Å². The zero-order valence-electron chi connectivity index (χ0n) is 12.0. The molecule has 1 unspecified atom stereocenters. The summed E-state index contributed by atoms with van der Waals surface area (Å²) in [6.07, 6.45) is 1.40. The maximum Gasteiger partial charge on any atom is 0.249 e. The zero-order valence-corrected chi connectivity index (χ0v) is 12.8. The SMILES string of the molecule is Cc1noc(C2CCCN2S(=O)(=O)c2c(C)noc2C)n1. The molecule has 2 aromatic rings. The summed E-state index contributed by atoms with van der Waals surface area (Å²) in [6, 6.07) is -0.426. The van der Waals surface area contributed by atoms with E-state index in [4.69, 9.17) is 9.05 Å². The van der Waals surface area contributed by atoms with Gasteiger partial charge < -0.3 is 9.05 Å². The van der Waals surface area contributed by atoms with Gasteiger partial charge in [0.05, 0.1) is 0 Å². The molecule has 2 aromatic heterocycles. The molecule has 1 aliphatic heterocycles. The van der Waals surface area contributed by atoms with Gasteiger partial charge in [-0.3, -0.25) is 0 Å². The largest absolute Gasteiger partial charge is 0.360 e. The molecule has 0 radical (unpaired) electrons. The summed E-state index contributed by atoms with van der Waals surface area (Å²) in [5.74, 6) is 1.12. The van der Waals surface area contributed by atoms with Gasteiger partial charge in [0.25, 0.3) is 0 Å². The molecule has 9 heteroatoms. The molecular weight excluding hydrogens is 296 g/mol. The van der Waals surface area contributed by atoms with Crippen LogP contribution >= 0.6 is 0 Å². The standard InChI is InChI=1S/C12H16N4O4S/c1-7-11(8(2)19-14-7)21(17,18)16-6-4-5-10(16)12-13-9(3)15-20-12/h10H,4-6H2,1-3H3. The van der Waals surface area contributed by atoms with E-state index in [0.29, 0.717) is 36.1 Å². The molecule has 1 fully saturated rings. The Balaban J connectivity index is 2.02. The highest BCUT2D eigenvalue weighted by atomic mass is 32.2. The summed E-state index contributed by atoms with van der Waals surface area (Å²) in [5.41, 5.74) is 0.361. The third-order valence-corrected chi connectivity index (χ3v) is 5.72. The van der Waals surface area contributed by atoms with Crippen molar-refractivity contribution in [3.05, 3.63) is 23.2 Å². The fraction of sp³-hybridized carbons (Fsp3) is 0.583. The van der Waals surface area contributed by atoms with E-state index in [2.05, 4.69) is 15.3 Å². The first-order chi connectivity index (χ1) is 9.91. The van der Waals surface area contributed by atoms with Crippen LogP contribution in [0.4, 0.5) is 0 Å². The van der Waals surface area contributed by atoms with Gasteiger partial charge in [0, 0.05) is 6.54 Å². The summed E-state index contributed by atoms with van der Waals surface area (Å²) < 4.78 is 37.2. The first kappa shape index (κ1) is 14.2. The molecule has 21 heavy (non-hydrogen) atoms. The predicted molar refractivity (Wildman–Crippen MR) is 70.9 cm³/mol. The number of nitrogens with zero attached hydrogens (tertiary/aromatic N) is 4. The van der Waals surface area contributed by atoms with Gasteiger partial charge in [-0.2, -0.15) is 9.29 Å². The highest BCUT2D eigenvalue weighted by molar-refractivity contribution is 7.89. The van der Waals surface area contributed by atoms with Crippen molar-refractivity contribution >= 4 is 10.0 Å². The highest BCUT2D eigenvalue weighted by Gasteiger charge is 2.41. The molecule has 114 valence electrons. The van der Waals surface area contributed by atoms with Crippen molar-refractivity contribution in [2.45, 2.75) is 44.6 Å². The molecule has 0 saturated carbocycles. The fourth-order valence-electron chi connectivity index (χ4n) is 2.68. The summed E-state index contributed by atoms with van der Waals surface area (Å²) in [4.78, 5) is 4.29. The fourth-order valence-corrected chi connectivity index (χ4v) is 4.63. The molecule has 1 aliphatic rings. The minimum atomic E-state index is -3.70. The lowest BCUT2D eigenvalue weighted by Gasteiger charge is -2.20. The van der Waals surface area contributed by atoms with E-state index < -0.39 is 16.1 Å². The molecule has 0 aromatic carbocycles. The molecule has 3 heterocycles. The summed E-state index contributed by atoms with van der Waals surface area (Å²) >= 11 is 0. The molecule has 0 amide bonds. The van der Waals surface area contributed by atoms with Crippen LogP contribution in [-0.4, -0.2) is 34.6 Å². The van der Waals surface area contributed by atoms with E-state index in [0.717, 1.165) is 6.42 Å². The topological polar surface area (TPSA) is 102 Å². The summed E-state index contributed by atoms with van der Waals surface area (Å²) in [5, 5.41) is 7.46. The van der Waals surface area contributed by atoms with Crippen molar-refractivity contribution in [2.75, 3.05) is 6.54 Å². The molecule has 1 atom stereocenters. The Morgan fingerprint density at radius 2 is 1.95 bits per heavy atom. The number of rotatable bonds is 3. The van der Waals surface area contributed by atoms with Gasteiger partial charge in [0.15, 0.2) is 11.6 Å². The van der Waals surface area contributed by atoms with Gasteiger partial charge >= 0.3 is 0 Å². The van der Waals surface area contributed by atoms with Crippen LogP contribution in [0.2, 0.25) is 0 Å². The Bertz CT molecular complexity index is 745. The lowest BCUT2D eigenvalue weighted by atomic mass is 10.2. The highest BCUT2D eigenvalue weighted by Crippen LogP contribution is 2.37. The first-order valence-electron chi connectivity index (χ1n) is 6.66. The van der Waals surface area contributed by atoms with E-state index in [1.54, 1.807) is 20.8 Å². The third-order valence-electron chi connectivity index (χ3n) is 3.57. The van der Waals surface area contributed by atoms with Crippen LogP contribution < -0.4 is 0 Å². The number of aryl methyl sites for hydroxylation is 3. The molecule has 3 rings (SSSR count). The minimum Gasteiger partial charge on any atom is -0.360 e. The normalized spacial score (nSPS) is 20.2. The lowest BCUT2D eigenvalue weighted by Crippen LogP contribution is -2.31. The van der Waals surface area contributed by atoms with Crippen molar-refractivity contribution in [1.82, 2.24) is 19.6 Å². The van der Waals surface area contributed by atoms with Crippen LogP contribution in [-0.2, 0) is 10.0 Å². The minimum absolute atomic E-state index is 0.130. The van der Waals surface area contributed by atoms with Crippen molar-refractivity contribution in [3.63, 3.8) is 0 Å². The van der Waals surface area contributed by atoms with E-state index in [9.17, 15) is 8.42 Å². The number of hydrogen-bond acceptors (Lipinski definition) is 7. The third kappa shape index (κ3) is 2.26. The van der Waals surface area contributed by atoms with E-state index in [-0.39, 0.29) is 4.90 Å².